The number of unbranched alkanes of at least 4 members (excludes halogenated alkanes) is 21. The summed E-state index contributed by atoms with van der Waals surface area (Å²) in [7, 11) is 1.45. The number of nitrogens with zero attached hydrogens (tertiary/aromatic N) is 1. The van der Waals surface area contributed by atoms with Gasteiger partial charge in [-0.25, -0.2) is 4.57 Å². The number of esters is 1. The maximum absolute atomic E-state index is 13.5. The number of phosphoric ester groups is 1. The van der Waals surface area contributed by atoms with E-state index in [2.05, 4.69) is 123 Å². The van der Waals surface area contributed by atoms with Crippen LogP contribution in [0.4, 0.5) is 0 Å². The molecule has 0 bridgehead atoms. The first-order valence-electron chi connectivity index (χ1n) is 30.2. The van der Waals surface area contributed by atoms with Crippen molar-refractivity contribution in [1.82, 2.24) is 5.32 Å². The second kappa shape index (κ2) is 54.0. The lowest BCUT2D eigenvalue weighted by Crippen LogP contribution is -2.47. The van der Waals surface area contributed by atoms with E-state index in [0.29, 0.717) is 23.9 Å². The van der Waals surface area contributed by atoms with Gasteiger partial charge in [-0.05, 0) is 115 Å². The van der Waals surface area contributed by atoms with Crippen LogP contribution in [0.5, 0.6) is 0 Å². The Balaban J connectivity index is 5.33. The topological polar surface area (TPSA) is 111 Å². The highest BCUT2D eigenvalue weighted by atomic mass is 31.2. The molecular formula is C65H114N2O7P+. The van der Waals surface area contributed by atoms with Gasteiger partial charge in [0.25, 0.3) is 0 Å². The van der Waals surface area contributed by atoms with Crippen LogP contribution < -0.4 is 5.32 Å². The molecule has 0 heterocycles. The monoisotopic (exact) mass is 1070 g/mol. The number of phosphoric acid groups is 1. The first kappa shape index (κ1) is 71.7. The summed E-state index contributed by atoms with van der Waals surface area (Å²) in [6.45, 7) is 6.82. The Bertz CT molecular complexity index is 1650. The van der Waals surface area contributed by atoms with Crippen LogP contribution in [0, 0.1) is 0 Å². The highest BCUT2D eigenvalue weighted by Crippen LogP contribution is 2.43. The summed E-state index contributed by atoms with van der Waals surface area (Å²) in [5, 5.41) is 3.03. The summed E-state index contributed by atoms with van der Waals surface area (Å²) in [4.78, 5) is 37.7. The van der Waals surface area contributed by atoms with E-state index < -0.39 is 20.0 Å². The number of rotatable bonds is 53. The number of nitrogens with one attached hydrogen (secondary N) is 1. The maximum Gasteiger partial charge on any atom is 0.472 e. The van der Waals surface area contributed by atoms with Crippen LogP contribution in [-0.2, 0) is 27.9 Å². The molecule has 0 aliphatic carbocycles. The van der Waals surface area contributed by atoms with Gasteiger partial charge in [0.1, 0.15) is 19.3 Å². The highest BCUT2D eigenvalue weighted by molar-refractivity contribution is 7.47. The standard InChI is InChI=1S/C65H113N2O7P/c1-7-10-13-16-19-22-25-27-29-31-32-33-34-36-37-39-42-45-48-51-54-57-64(68)66-62(61-73-75(70,71)72-60-59-67(4,5)6)63(56-53-50-47-44-41-24-21-18-15-12-9-3)74-65(69)58-55-52-49-46-43-40-38-35-30-28-26-23-20-17-14-11-8-2/h10,13,19-20,22-23,27-30,32-33,36-38,40,53,56,62-63H,7-9,11-12,14-18,21,24-26,31,34-35,39,41-52,54-55,57-61H2,1-6H3,(H-,66,68,70,71)/p+1/b13-10-,22-19-,23-20-,29-27-,30-28-,33-32-,37-36-,40-38-,56-53-. The van der Waals surface area contributed by atoms with E-state index in [0.717, 1.165) is 128 Å². The van der Waals surface area contributed by atoms with E-state index in [1.807, 2.05) is 33.3 Å². The molecule has 2 N–H and O–H groups in total. The molecule has 10 heteroatoms. The minimum Gasteiger partial charge on any atom is -0.456 e. The first-order valence-corrected chi connectivity index (χ1v) is 31.7. The molecule has 1 amide bonds. The van der Waals surface area contributed by atoms with Crippen molar-refractivity contribution in [2.75, 3.05) is 40.9 Å². The third kappa shape index (κ3) is 55.2. The molecule has 0 aromatic carbocycles. The lowest BCUT2D eigenvalue weighted by molar-refractivity contribution is -0.870. The van der Waals surface area contributed by atoms with Gasteiger partial charge in [0.15, 0.2) is 0 Å². The van der Waals surface area contributed by atoms with Crippen LogP contribution in [-0.4, -0.2) is 74.3 Å². The molecule has 0 aromatic rings. The number of hydrogen-bond acceptors (Lipinski definition) is 6. The number of amides is 1. The van der Waals surface area contributed by atoms with Crippen molar-refractivity contribution in [2.24, 2.45) is 0 Å². The van der Waals surface area contributed by atoms with Crippen LogP contribution in [0.3, 0.4) is 0 Å². The van der Waals surface area contributed by atoms with Gasteiger partial charge in [-0.2, -0.15) is 0 Å². The molecule has 9 nitrogen and oxygen atoms in total. The number of ether oxygens (including phenoxy) is 1. The molecule has 0 aromatic heterocycles. The van der Waals surface area contributed by atoms with Crippen LogP contribution in [0.1, 0.15) is 239 Å². The SMILES string of the molecule is CC/C=C\C/C=C\C/C=C\C/C=C\C/C=C\CCCCCCCC(=O)NC(COP(=O)(O)OCC[N+](C)(C)C)C(/C=C\CCCCCCCCCCC)OC(=O)CCCCCC/C=C\C/C=C\C/C=C\CCCCC. The van der Waals surface area contributed by atoms with E-state index in [1.165, 1.54) is 70.6 Å². The van der Waals surface area contributed by atoms with Crippen LogP contribution in [0.25, 0.3) is 0 Å². The van der Waals surface area contributed by atoms with Crippen molar-refractivity contribution in [3.8, 4) is 0 Å². The van der Waals surface area contributed by atoms with E-state index in [9.17, 15) is 19.0 Å². The summed E-state index contributed by atoms with van der Waals surface area (Å²) < 4.78 is 30.6. The molecule has 75 heavy (non-hydrogen) atoms. The fourth-order valence-corrected chi connectivity index (χ4v) is 8.77. The van der Waals surface area contributed by atoms with Crippen molar-refractivity contribution in [1.29, 1.82) is 0 Å². The number of carbonyl (C=O) groups is 2. The molecule has 0 fully saturated rings. The molecule has 3 unspecified atom stereocenters. The molecule has 0 radical (unpaired) electrons. The van der Waals surface area contributed by atoms with Gasteiger partial charge in [-0.1, -0.05) is 220 Å². The Hall–Kier alpha value is -3.33. The molecule has 3 atom stereocenters. The quantitative estimate of drug-likeness (QED) is 0.0205. The Morgan fingerprint density at radius 3 is 1.31 bits per heavy atom. The second-order valence-electron chi connectivity index (χ2n) is 21.1. The van der Waals surface area contributed by atoms with Gasteiger partial charge in [-0.3, -0.25) is 18.6 Å². The molecule has 430 valence electrons. The van der Waals surface area contributed by atoms with Gasteiger partial charge in [0, 0.05) is 12.8 Å². The van der Waals surface area contributed by atoms with Gasteiger partial charge < -0.3 is 19.4 Å². The molecule has 0 saturated heterocycles. The fraction of sp³-hybridized carbons (Fsp3) is 0.692. The van der Waals surface area contributed by atoms with Gasteiger partial charge in [0.05, 0.1) is 33.8 Å². The predicted molar refractivity (Wildman–Crippen MR) is 323 cm³/mol. The van der Waals surface area contributed by atoms with E-state index in [-0.39, 0.29) is 31.5 Å². The largest absolute Gasteiger partial charge is 0.472 e. The lowest BCUT2D eigenvalue weighted by Gasteiger charge is -2.27. The number of carbonyl (C=O) groups excluding carboxylic acids is 2. The Morgan fingerprint density at radius 2 is 0.853 bits per heavy atom. The first-order chi connectivity index (χ1) is 36.4. The fourth-order valence-electron chi connectivity index (χ4n) is 8.03. The Labute approximate surface area is 461 Å². The summed E-state index contributed by atoms with van der Waals surface area (Å²) in [6, 6.07) is -0.875. The number of allylic oxidation sites excluding steroid dienone is 17. The Morgan fingerprint density at radius 1 is 0.480 bits per heavy atom. The van der Waals surface area contributed by atoms with Crippen molar-refractivity contribution in [3.63, 3.8) is 0 Å². The van der Waals surface area contributed by atoms with Crippen LogP contribution in [0.15, 0.2) is 109 Å². The maximum atomic E-state index is 13.5. The summed E-state index contributed by atoms with van der Waals surface area (Å²) in [6.07, 6.45) is 73.7. The smallest absolute Gasteiger partial charge is 0.456 e. The van der Waals surface area contributed by atoms with E-state index in [1.54, 1.807) is 0 Å². The van der Waals surface area contributed by atoms with Gasteiger partial charge in [-0.15, -0.1) is 0 Å². The lowest BCUT2D eigenvalue weighted by atomic mass is 10.1. The van der Waals surface area contributed by atoms with Crippen molar-refractivity contribution in [2.45, 2.75) is 251 Å². The van der Waals surface area contributed by atoms with E-state index >= 15 is 0 Å². The van der Waals surface area contributed by atoms with Crippen LogP contribution in [0.2, 0.25) is 0 Å². The third-order valence-electron chi connectivity index (χ3n) is 12.7. The minimum atomic E-state index is -4.46. The van der Waals surface area contributed by atoms with Crippen molar-refractivity contribution in [3.05, 3.63) is 109 Å². The predicted octanol–water partition coefficient (Wildman–Crippen LogP) is 18.6. The molecule has 0 aliphatic heterocycles. The normalized spacial score (nSPS) is 14.5. The van der Waals surface area contributed by atoms with Crippen molar-refractivity contribution < 1.29 is 37.3 Å². The van der Waals surface area contributed by atoms with Crippen molar-refractivity contribution >= 4 is 19.7 Å². The third-order valence-corrected chi connectivity index (χ3v) is 13.7. The molecular weight excluding hydrogens is 952 g/mol. The highest BCUT2D eigenvalue weighted by Gasteiger charge is 2.30. The zero-order valence-electron chi connectivity index (χ0n) is 49.0. The summed E-state index contributed by atoms with van der Waals surface area (Å²) in [5.41, 5.74) is 0. The minimum absolute atomic E-state index is 0.0265. The van der Waals surface area contributed by atoms with Gasteiger partial charge >= 0.3 is 13.8 Å². The number of hydrogen-bond donors (Lipinski definition) is 2. The molecule has 0 spiro atoms. The zero-order valence-corrected chi connectivity index (χ0v) is 49.9. The Kier molecular flexibility index (Phi) is 51.6. The number of likely N-dealkylation sites (N-methyl/N-ethyl adjacent to an activating group) is 1. The average Bonchev–Trinajstić information content (AvgIpc) is 3.37. The zero-order chi connectivity index (χ0) is 55.0. The average molecular weight is 1070 g/mol. The molecule has 0 aliphatic rings. The van der Waals surface area contributed by atoms with E-state index in [4.69, 9.17) is 13.8 Å². The molecule has 0 rings (SSSR count). The summed E-state index contributed by atoms with van der Waals surface area (Å²) >= 11 is 0. The van der Waals surface area contributed by atoms with Gasteiger partial charge in [0.2, 0.25) is 5.91 Å². The van der Waals surface area contributed by atoms with Crippen LogP contribution >= 0.6 is 7.82 Å². The molecule has 0 saturated carbocycles. The summed E-state index contributed by atoms with van der Waals surface area (Å²) in [5.74, 6) is -0.560. The second-order valence-corrected chi connectivity index (χ2v) is 22.6. The number of quaternary nitrogens is 1.